The van der Waals surface area contributed by atoms with Crippen LogP contribution in [0.5, 0.6) is 0 Å². The van der Waals surface area contributed by atoms with Crippen LogP contribution < -0.4 is 21.5 Å². The summed E-state index contributed by atoms with van der Waals surface area (Å²) >= 11 is 0. The van der Waals surface area contributed by atoms with Gasteiger partial charge in [0.15, 0.2) is 0 Å². The van der Waals surface area contributed by atoms with Crippen molar-refractivity contribution < 1.29 is 19.5 Å². The fraction of sp³-hybridized carbons (Fsp3) is 0.185. The molecule has 0 spiro atoms. The van der Waals surface area contributed by atoms with Crippen LogP contribution in [0.1, 0.15) is 32.7 Å². The van der Waals surface area contributed by atoms with Gasteiger partial charge in [-0.2, -0.15) is 4.98 Å². The zero-order chi connectivity index (χ0) is 27.4. The molecule has 12 heteroatoms. The first-order valence-electron chi connectivity index (χ1n) is 12.3. The van der Waals surface area contributed by atoms with Gasteiger partial charge in [0.1, 0.15) is 11.2 Å². The number of carbonyl (C=O) groups is 3. The second-order valence-electron chi connectivity index (χ2n) is 8.86. The smallest absolute Gasteiger partial charge is 0.404 e. The summed E-state index contributed by atoms with van der Waals surface area (Å²) in [6, 6.07) is 15.9. The van der Waals surface area contributed by atoms with E-state index < -0.39 is 6.09 Å². The Morgan fingerprint density at radius 2 is 1.72 bits per heavy atom. The molecule has 2 aromatic carbocycles. The first-order valence-corrected chi connectivity index (χ1v) is 12.3. The quantitative estimate of drug-likeness (QED) is 0.154. The standard InChI is InChI=1S/C27H25N7O5/c35-23-21-20(9-13-28-23)32-26(29-11-4-12-30-27(38)39)33-22(21)31-17-6-3-5-16(15-17)10-14-34-24(36)18-7-1-2-8-19(18)25(34)37/h1-3,5-9,13,15,30H,4,10-12,14H2,(H,28,35)(H,38,39)(H2,29,31,32,33). The SMILES string of the molecule is O=C(O)NCCCNc1nc(Nc2cccc(CCN3C(=O)c4ccccc4C3=O)c2)c2c(=O)[nH]ccc2n1. The van der Waals surface area contributed by atoms with Gasteiger partial charge in [0.2, 0.25) is 5.95 Å². The number of fused-ring (bicyclic) bond motifs is 2. The molecule has 0 saturated heterocycles. The molecule has 0 radical (unpaired) electrons. The van der Waals surface area contributed by atoms with Crippen LogP contribution in [0.3, 0.4) is 0 Å². The number of anilines is 3. The molecule has 4 aromatic rings. The van der Waals surface area contributed by atoms with E-state index in [2.05, 4.69) is 30.9 Å². The number of aromatic nitrogens is 3. The summed E-state index contributed by atoms with van der Waals surface area (Å²) in [5.74, 6) is -0.0103. The Morgan fingerprint density at radius 1 is 0.949 bits per heavy atom. The number of nitrogens with one attached hydrogen (secondary N) is 4. The lowest BCUT2D eigenvalue weighted by atomic mass is 10.1. The van der Waals surface area contributed by atoms with Gasteiger partial charge in [-0.25, -0.2) is 9.78 Å². The minimum Gasteiger partial charge on any atom is -0.465 e. The normalized spacial score (nSPS) is 12.5. The van der Waals surface area contributed by atoms with E-state index in [0.717, 1.165) is 5.56 Å². The number of amides is 3. The van der Waals surface area contributed by atoms with Crippen molar-refractivity contribution in [3.8, 4) is 0 Å². The van der Waals surface area contributed by atoms with E-state index in [1.54, 1.807) is 30.3 Å². The molecule has 0 saturated carbocycles. The number of nitrogens with zero attached hydrogens (tertiary/aromatic N) is 3. The average molecular weight is 528 g/mol. The van der Waals surface area contributed by atoms with Gasteiger partial charge in [-0.15, -0.1) is 0 Å². The molecular formula is C27H25N7O5. The van der Waals surface area contributed by atoms with Gasteiger partial charge in [-0.3, -0.25) is 19.3 Å². The van der Waals surface area contributed by atoms with Gasteiger partial charge in [0.25, 0.3) is 17.4 Å². The zero-order valence-electron chi connectivity index (χ0n) is 20.7. The summed E-state index contributed by atoms with van der Waals surface area (Å²) in [6.45, 7) is 0.923. The Hall–Kier alpha value is -5.26. The molecule has 198 valence electrons. The van der Waals surface area contributed by atoms with Crippen molar-refractivity contribution in [3.05, 3.63) is 87.8 Å². The highest BCUT2D eigenvalue weighted by Gasteiger charge is 2.34. The van der Waals surface area contributed by atoms with E-state index in [4.69, 9.17) is 5.11 Å². The monoisotopic (exact) mass is 527 g/mol. The van der Waals surface area contributed by atoms with Gasteiger partial charge in [0.05, 0.1) is 16.6 Å². The first kappa shape index (κ1) is 25.4. The number of hydrogen-bond acceptors (Lipinski definition) is 8. The highest BCUT2D eigenvalue weighted by atomic mass is 16.4. The molecule has 0 fully saturated rings. The number of aromatic amines is 1. The maximum Gasteiger partial charge on any atom is 0.404 e. The van der Waals surface area contributed by atoms with Gasteiger partial charge in [-0.1, -0.05) is 24.3 Å². The number of benzene rings is 2. The largest absolute Gasteiger partial charge is 0.465 e. The average Bonchev–Trinajstić information content (AvgIpc) is 3.16. The highest BCUT2D eigenvalue weighted by molar-refractivity contribution is 6.21. The summed E-state index contributed by atoms with van der Waals surface area (Å²) in [6.07, 6.45) is 1.38. The van der Waals surface area contributed by atoms with Crippen molar-refractivity contribution >= 4 is 46.3 Å². The van der Waals surface area contributed by atoms with E-state index in [1.807, 2.05) is 24.3 Å². The molecule has 0 aliphatic carbocycles. The number of pyridine rings is 1. The lowest BCUT2D eigenvalue weighted by molar-refractivity contribution is 0.0656. The summed E-state index contributed by atoms with van der Waals surface area (Å²) < 4.78 is 0. The molecule has 1 aliphatic rings. The fourth-order valence-electron chi connectivity index (χ4n) is 4.37. The zero-order valence-corrected chi connectivity index (χ0v) is 20.7. The molecule has 3 heterocycles. The number of hydrogen-bond donors (Lipinski definition) is 5. The fourth-order valence-corrected chi connectivity index (χ4v) is 4.37. The topological polar surface area (TPSA) is 169 Å². The molecule has 1 aliphatic heterocycles. The summed E-state index contributed by atoms with van der Waals surface area (Å²) in [5, 5.41) is 17.5. The van der Waals surface area contributed by atoms with Gasteiger partial charge >= 0.3 is 6.09 Å². The molecular weight excluding hydrogens is 502 g/mol. The van der Waals surface area contributed by atoms with Crippen LogP contribution in [0.2, 0.25) is 0 Å². The molecule has 2 aromatic heterocycles. The van der Waals surface area contributed by atoms with Crippen LogP contribution in [0.15, 0.2) is 65.6 Å². The second kappa shape index (κ2) is 11.0. The van der Waals surface area contributed by atoms with Crippen LogP contribution in [0, 0.1) is 0 Å². The van der Waals surface area contributed by atoms with E-state index in [0.29, 0.717) is 47.5 Å². The number of carbonyl (C=O) groups excluding carboxylic acids is 2. The maximum absolute atomic E-state index is 12.7. The molecule has 0 unspecified atom stereocenters. The third-order valence-corrected chi connectivity index (χ3v) is 6.22. The van der Waals surface area contributed by atoms with Crippen molar-refractivity contribution in [1.82, 2.24) is 25.2 Å². The van der Waals surface area contributed by atoms with Crippen LogP contribution >= 0.6 is 0 Å². The maximum atomic E-state index is 12.7. The summed E-state index contributed by atoms with van der Waals surface area (Å²) in [4.78, 5) is 61.4. The van der Waals surface area contributed by atoms with Crippen molar-refractivity contribution in [2.24, 2.45) is 0 Å². The Bertz CT molecular complexity index is 1600. The van der Waals surface area contributed by atoms with E-state index in [-0.39, 0.29) is 41.8 Å². The molecule has 39 heavy (non-hydrogen) atoms. The van der Waals surface area contributed by atoms with Crippen molar-refractivity contribution in [2.75, 3.05) is 30.3 Å². The van der Waals surface area contributed by atoms with E-state index in [9.17, 15) is 19.2 Å². The summed E-state index contributed by atoms with van der Waals surface area (Å²) in [5.41, 5.74) is 2.46. The predicted molar refractivity (Wildman–Crippen MR) is 145 cm³/mol. The minimum atomic E-state index is -1.09. The Labute approximate surface area is 222 Å². The van der Waals surface area contributed by atoms with Crippen LogP contribution in [0.4, 0.5) is 22.2 Å². The molecule has 0 bridgehead atoms. The van der Waals surface area contributed by atoms with Crippen molar-refractivity contribution in [3.63, 3.8) is 0 Å². The van der Waals surface area contributed by atoms with Crippen LogP contribution in [-0.4, -0.2) is 62.5 Å². The van der Waals surface area contributed by atoms with Crippen molar-refractivity contribution in [2.45, 2.75) is 12.8 Å². The second-order valence-corrected chi connectivity index (χ2v) is 8.86. The van der Waals surface area contributed by atoms with Crippen LogP contribution in [-0.2, 0) is 6.42 Å². The van der Waals surface area contributed by atoms with Gasteiger partial charge in [0, 0.05) is 31.5 Å². The Balaban J connectivity index is 1.31. The van der Waals surface area contributed by atoms with Gasteiger partial charge in [-0.05, 0) is 48.7 Å². The van der Waals surface area contributed by atoms with Crippen molar-refractivity contribution in [1.29, 1.82) is 0 Å². The third kappa shape index (κ3) is 5.54. The number of H-pyrrole nitrogens is 1. The molecule has 0 atom stereocenters. The molecule has 12 nitrogen and oxygen atoms in total. The van der Waals surface area contributed by atoms with E-state index in [1.165, 1.54) is 11.1 Å². The van der Waals surface area contributed by atoms with Gasteiger partial charge < -0.3 is 26.0 Å². The predicted octanol–water partition coefficient (Wildman–Crippen LogP) is 2.97. The number of rotatable bonds is 10. The van der Waals surface area contributed by atoms with E-state index >= 15 is 0 Å². The molecule has 5 rings (SSSR count). The minimum absolute atomic E-state index is 0.233. The first-order chi connectivity index (χ1) is 18.9. The molecule has 5 N–H and O–H groups in total. The van der Waals surface area contributed by atoms with Crippen LogP contribution in [0.25, 0.3) is 10.9 Å². The third-order valence-electron chi connectivity index (χ3n) is 6.22. The Morgan fingerprint density at radius 3 is 2.46 bits per heavy atom. The highest BCUT2D eigenvalue weighted by Crippen LogP contribution is 2.25. The Kier molecular flexibility index (Phi) is 7.17. The number of carboxylic acid groups (broad SMARTS) is 1. The lowest BCUT2D eigenvalue weighted by Crippen LogP contribution is -2.31. The molecule has 3 amide bonds. The lowest BCUT2D eigenvalue weighted by Gasteiger charge is -2.15. The number of imide groups is 1. The summed E-state index contributed by atoms with van der Waals surface area (Å²) in [7, 11) is 0.